The van der Waals surface area contributed by atoms with Crippen molar-refractivity contribution in [3.8, 4) is 80.1 Å². The molecule has 0 spiro atoms. The van der Waals surface area contributed by atoms with Crippen molar-refractivity contribution in [1.29, 1.82) is 0 Å². The number of aromatic hydroxyl groups is 4. The molecule has 2 saturated heterocycles. The van der Waals surface area contributed by atoms with Gasteiger partial charge in [0.2, 0.25) is 65.6 Å². The Morgan fingerprint density at radius 3 is 1.68 bits per heavy atom. The monoisotopic (exact) mass is 1830 g/mol. The SMILES string of the molecule is CC(C)CCCCCCC(=O)N[C@H]1[C@H](Oc2c3cc4cc2Oc2ccc(cc2Cl)C[C@H]2NC(=O)[C@@H](N)c5ccc(O)c(c5)Oc5cc(O)cc(c5)[C@H](NC2=O)C(=O)N[C@H]4C(=O)N[C@H]2C(=O)N[C@@H](Cc4ccc(c(Cl)c4)O3)C(=O)N[C@@H](C(=O)NCCCN(CCCN)CCCN)c3cc(O)cc(O[C@H]4O[C@H](CO)[C@@H](O)[C@H](O)[C@@H]4O)c3-c3cc2ccc3O)O[C@H](CO)[C@@H](O)[C@@H]1O. The number of halogens is 2. The van der Waals surface area contributed by atoms with E-state index in [-0.39, 0.29) is 79.4 Å². The van der Waals surface area contributed by atoms with E-state index in [1.807, 2.05) is 0 Å². The zero-order valence-corrected chi connectivity index (χ0v) is 71.8. The highest BCUT2D eigenvalue weighted by atomic mass is 35.5. The van der Waals surface area contributed by atoms with Crippen LogP contribution in [0.5, 0.6) is 69.0 Å². The standard InChI is InChI=1S/C89H106Cl2N12O26/c1-41(2)10-5-3-4-6-11-67(110)98-74-77(113)75(111)65(39-104)127-88(74)129-80-63-34-47-35-64(80)125-60-19-13-43(27-54(60)91)29-56-82(117)102-73(84(119)95-22-9-25-103(23-7-20-92)24-8-21-93)52-37-49(107)38-62(126-89-79(115)78(114)76(112)66(40-105)128-89)68(52)51-32-45(15-16-57(51)108)70(85(120)97-56)100-87(122)72(47)101-86(121)71-46-30-48(106)36-50(31-46)123-61-33-44(14-17-58(61)109)69(94)83(118)96-55(81(116)99-71)28-42-12-18-59(124-63)53(90)26-42/h12-19,26-27,30-38,41,55-56,65-66,69-79,88-89,104-109,111-115H,3-11,20-25,28-29,39-40,92-94H2,1-2H3,(H,95,119)(H,96,118)(H,97,120)(H,98,110)(H,99,116)(H,100,122)(H,101,121)(H,102,117)/t55-,56+,65-,66-,69+,70-,71+,72-,73-,74-,75-,76-,77-,78+,79+,88+,89+/m1/s1. The number of carbonyl (C=O) groups is 8. The van der Waals surface area contributed by atoms with Crippen LogP contribution in [0.1, 0.15) is 141 Å². The second-order valence-corrected chi connectivity index (χ2v) is 33.8. The number of phenolic OH excluding ortho intramolecular Hbond substituents is 4. The summed E-state index contributed by atoms with van der Waals surface area (Å²) in [4.78, 5) is 127. The number of phenols is 4. The molecule has 7 aromatic rings. The normalized spacial score (nSPS) is 25.2. The number of nitrogens with zero attached hydrogens (tertiary/aromatic N) is 1. The first-order valence-corrected chi connectivity index (χ1v) is 43.2. The van der Waals surface area contributed by atoms with Crippen LogP contribution in [0.15, 0.2) is 115 Å². The molecule has 17 atom stereocenters. The van der Waals surface area contributed by atoms with Gasteiger partial charge >= 0.3 is 0 Å². The molecular weight excluding hydrogens is 1720 g/mol. The van der Waals surface area contributed by atoms with Gasteiger partial charge in [-0.3, -0.25) is 38.4 Å². The van der Waals surface area contributed by atoms with Crippen LogP contribution >= 0.6 is 23.2 Å². The molecule has 17 bridgehead atoms. The molecule has 8 aliphatic heterocycles. The number of carbonyl (C=O) groups excluding carboxylic acids is 8. The predicted octanol–water partition coefficient (Wildman–Crippen LogP) is 2.98. The molecule has 15 rings (SSSR count). The number of rotatable bonds is 25. The van der Waals surface area contributed by atoms with E-state index in [1.165, 1.54) is 60.7 Å². The Bertz CT molecular complexity index is 5280. The molecule has 0 radical (unpaired) electrons. The zero-order valence-electron chi connectivity index (χ0n) is 70.3. The fourth-order valence-corrected chi connectivity index (χ4v) is 16.6. The summed E-state index contributed by atoms with van der Waals surface area (Å²) in [6, 6.07) is 7.19. The number of aliphatic hydroxyl groups excluding tert-OH is 7. The number of hydrogen-bond acceptors (Lipinski definition) is 30. The molecule has 8 aliphatic rings. The molecule has 0 saturated carbocycles. The first kappa shape index (κ1) is 95.2. The van der Waals surface area contributed by atoms with Crippen molar-refractivity contribution in [2.24, 2.45) is 23.1 Å². The number of nitrogens with two attached hydrogens (primary N) is 3. The molecule has 38 nitrogen and oxygen atoms in total. The second-order valence-electron chi connectivity index (χ2n) is 33.0. The predicted molar refractivity (Wildman–Crippen MR) is 461 cm³/mol. The summed E-state index contributed by atoms with van der Waals surface area (Å²) in [6.45, 7) is 4.62. The van der Waals surface area contributed by atoms with Crippen LogP contribution in [-0.2, 0) is 60.7 Å². The van der Waals surface area contributed by atoms with Gasteiger partial charge in [-0.2, -0.15) is 0 Å². The molecule has 40 heteroatoms. The van der Waals surface area contributed by atoms with Crippen molar-refractivity contribution in [3.05, 3.63) is 164 Å². The van der Waals surface area contributed by atoms with Crippen LogP contribution in [0.4, 0.5) is 0 Å². The lowest BCUT2D eigenvalue weighted by Crippen LogP contribution is -2.65. The number of nitrogens with one attached hydrogen (secondary N) is 8. The fourth-order valence-electron chi connectivity index (χ4n) is 16.2. The van der Waals surface area contributed by atoms with Crippen LogP contribution in [0.2, 0.25) is 10.0 Å². The number of unbranched alkanes of at least 4 members (excludes halogenated alkanes) is 3. The van der Waals surface area contributed by atoms with Gasteiger partial charge in [0.05, 0.1) is 23.3 Å². The third-order valence-corrected chi connectivity index (χ3v) is 23.7. The Morgan fingerprint density at radius 1 is 0.519 bits per heavy atom. The summed E-state index contributed by atoms with van der Waals surface area (Å²) in [5.41, 5.74) is 16.5. The zero-order chi connectivity index (χ0) is 92.3. The highest BCUT2D eigenvalue weighted by Crippen LogP contribution is 2.50. The van der Waals surface area contributed by atoms with E-state index in [2.05, 4.69) is 61.3 Å². The second kappa shape index (κ2) is 42.4. The Kier molecular flexibility index (Phi) is 31.3. The molecule has 8 heterocycles. The molecule has 2 fully saturated rings. The maximum Gasteiger partial charge on any atom is 0.248 e. The summed E-state index contributed by atoms with van der Waals surface area (Å²) < 4.78 is 45.0. The maximum absolute atomic E-state index is 16.8. The van der Waals surface area contributed by atoms with Crippen molar-refractivity contribution in [2.45, 2.75) is 188 Å². The van der Waals surface area contributed by atoms with Gasteiger partial charge in [0, 0.05) is 49.1 Å². The van der Waals surface area contributed by atoms with E-state index in [4.69, 9.17) is 73.6 Å². The third kappa shape index (κ3) is 22.5. The molecule has 0 aromatic heterocycles. The summed E-state index contributed by atoms with van der Waals surface area (Å²) in [5.74, 6) is -14.3. The summed E-state index contributed by atoms with van der Waals surface area (Å²) in [5, 5.41) is 147. The number of aliphatic hydroxyl groups is 7. The van der Waals surface area contributed by atoms with Gasteiger partial charge in [-0.15, -0.1) is 0 Å². The van der Waals surface area contributed by atoms with Crippen molar-refractivity contribution in [2.75, 3.05) is 52.5 Å². The quantitative estimate of drug-likeness (QED) is 0.0366. The van der Waals surface area contributed by atoms with E-state index in [9.17, 15) is 65.8 Å². The van der Waals surface area contributed by atoms with Crippen LogP contribution in [0.25, 0.3) is 11.1 Å². The number of ether oxygens (including phenoxy) is 7. The Labute approximate surface area is 749 Å². The first-order valence-electron chi connectivity index (χ1n) is 42.5. The first-order chi connectivity index (χ1) is 61.8. The van der Waals surface area contributed by atoms with Gasteiger partial charge in [-0.25, -0.2) is 0 Å². The average molecular weight is 1830 g/mol. The number of benzene rings is 7. The largest absolute Gasteiger partial charge is 0.508 e. The lowest BCUT2D eigenvalue weighted by atomic mass is 9.89. The van der Waals surface area contributed by atoms with Crippen LogP contribution in [0.3, 0.4) is 0 Å². The smallest absolute Gasteiger partial charge is 0.248 e. The maximum atomic E-state index is 16.8. The minimum absolute atomic E-state index is 0.0681. The third-order valence-electron chi connectivity index (χ3n) is 23.1. The molecular formula is C89H106Cl2N12O26. The summed E-state index contributed by atoms with van der Waals surface area (Å²) >= 11 is 14.6. The molecule has 692 valence electrons. The average Bonchev–Trinajstić information content (AvgIpc) is 0.760. The lowest BCUT2D eigenvalue weighted by molar-refractivity contribution is -0.277. The molecule has 0 unspecified atom stereocenters. The fraction of sp³-hybridized carbons (Fsp3) is 0.438. The highest BCUT2D eigenvalue weighted by molar-refractivity contribution is 6.32. The van der Waals surface area contributed by atoms with Crippen LogP contribution in [-0.4, -0.2) is 234 Å². The summed E-state index contributed by atoms with van der Waals surface area (Å²) in [6.07, 6.45) is -13.0. The molecule has 7 aromatic carbocycles. The summed E-state index contributed by atoms with van der Waals surface area (Å²) in [7, 11) is 0. The highest BCUT2D eigenvalue weighted by Gasteiger charge is 2.50. The van der Waals surface area contributed by atoms with E-state index >= 15 is 28.8 Å². The van der Waals surface area contributed by atoms with Crippen LogP contribution < -0.4 is 83.4 Å². The van der Waals surface area contributed by atoms with Crippen molar-refractivity contribution < 1.29 is 128 Å². The molecule has 8 amide bonds. The van der Waals surface area contributed by atoms with Crippen molar-refractivity contribution in [1.82, 2.24) is 47.4 Å². The van der Waals surface area contributed by atoms with E-state index in [1.54, 1.807) is 0 Å². The van der Waals surface area contributed by atoms with Crippen molar-refractivity contribution in [3.63, 3.8) is 0 Å². The Hall–Kier alpha value is -11.4. The number of hydrogen-bond donors (Lipinski definition) is 22. The van der Waals surface area contributed by atoms with E-state index in [0.29, 0.717) is 70.7 Å². The van der Waals surface area contributed by atoms with E-state index in [0.717, 1.165) is 73.9 Å². The minimum Gasteiger partial charge on any atom is -0.508 e. The van der Waals surface area contributed by atoms with Crippen molar-refractivity contribution >= 4 is 70.5 Å². The lowest BCUT2D eigenvalue weighted by Gasteiger charge is -2.42. The van der Waals surface area contributed by atoms with E-state index < -0.39 is 240 Å². The molecule has 129 heavy (non-hydrogen) atoms. The van der Waals surface area contributed by atoms with Gasteiger partial charge in [0.25, 0.3) is 0 Å². The van der Waals surface area contributed by atoms with Crippen LogP contribution in [0, 0.1) is 5.92 Å². The molecule has 25 N–H and O–H groups in total. The van der Waals surface area contributed by atoms with Gasteiger partial charge in [-0.1, -0.05) is 87.0 Å². The minimum atomic E-state index is -2.36. The van der Waals surface area contributed by atoms with Gasteiger partial charge in [0.1, 0.15) is 131 Å². The number of amides is 8. The Balaban J connectivity index is 1.03. The van der Waals surface area contributed by atoms with Gasteiger partial charge in [0.15, 0.2) is 23.0 Å². The molecule has 0 aliphatic carbocycles. The van der Waals surface area contributed by atoms with Gasteiger partial charge < -0.3 is 154 Å². The number of fused-ring (bicyclic) bond motifs is 14. The Morgan fingerprint density at radius 2 is 1.06 bits per heavy atom. The topological polar surface area (TPSA) is 601 Å². The van der Waals surface area contributed by atoms with Gasteiger partial charge in [-0.05, 0) is 182 Å².